The second kappa shape index (κ2) is 4.96. The number of esters is 1. The molecule has 5 nitrogen and oxygen atoms in total. The Bertz CT molecular complexity index is 506. The number of benzene rings is 1. The van der Waals surface area contributed by atoms with Crippen LogP contribution in [0.15, 0.2) is 18.2 Å². The highest BCUT2D eigenvalue weighted by Crippen LogP contribution is 2.39. The Morgan fingerprint density at radius 1 is 1.39 bits per heavy atom. The minimum Gasteiger partial charge on any atom is -0.497 e. The monoisotopic (exact) mass is 247 g/mol. The van der Waals surface area contributed by atoms with E-state index in [4.69, 9.17) is 19.5 Å². The Balaban J connectivity index is 2.33. The van der Waals surface area contributed by atoms with Crippen molar-refractivity contribution in [3.05, 3.63) is 23.8 Å². The summed E-state index contributed by atoms with van der Waals surface area (Å²) in [5, 5.41) is 8.82. The predicted octanol–water partition coefficient (Wildman–Crippen LogP) is 1.83. The molecular weight excluding hydrogens is 234 g/mol. The van der Waals surface area contributed by atoms with E-state index in [0.29, 0.717) is 17.9 Å². The summed E-state index contributed by atoms with van der Waals surface area (Å²) in [6.07, 6.45) is -0.106. The molecule has 0 bridgehead atoms. The molecule has 18 heavy (non-hydrogen) atoms. The first-order valence-corrected chi connectivity index (χ1v) is 5.51. The molecule has 94 valence electrons. The van der Waals surface area contributed by atoms with Crippen molar-refractivity contribution in [1.82, 2.24) is 0 Å². The van der Waals surface area contributed by atoms with Crippen LogP contribution in [0.2, 0.25) is 0 Å². The fourth-order valence-corrected chi connectivity index (χ4v) is 1.97. The molecule has 0 N–H and O–H groups in total. The predicted molar refractivity (Wildman–Crippen MR) is 62.1 cm³/mol. The maximum Gasteiger partial charge on any atom is 0.324 e. The smallest absolute Gasteiger partial charge is 0.324 e. The molecule has 2 atom stereocenters. The van der Waals surface area contributed by atoms with Gasteiger partial charge in [-0.2, -0.15) is 5.26 Å². The molecule has 1 heterocycles. The lowest BCUT2D eigenvalue weighted by molar-refractivity contribution is -0.143. The minimum atomic E-state index is -0.703. The standard InChI is InChI=1S/C13H13NO4/c1-16-9-3-4-11(17-2)10(6-9)12-5-8(7-14)13(15)18-12/h3-4,6,8,12H,5H2,1-2H3. The molecular formula is C13H13NO4. The van der Waals surface area contributed by atoms with Crippen LogP contribution in [0.3, 0.4) is 0 Å². The third kappa shape index (κ3) is 2.09. The normalized spacial score (nSPS) is 22.2. The number of hydrogen-bond donors (Lipinski definition) is 0. The number of carbonyl (C=O) groups excluding carboxylic acids is 1. The number of nitriles is 1. The Kier molecular flexibility index (Phi) is 3.38. The van der Waals surface area contributed by atoms with Gasteiger partial charge in [-0.25, -0.2) is 0 Å². The van der Waals surface area contributed by atoms with Crippen molar-refractivity contribution in [3.8, 4) is 17.6 Å². The van der Waals surface area contributed by atoms with Gasteiger partial charge in [0.15, 0.2) is 0 Å². The van der Waals surface area contributed by atoms with Crippen LogP contribution >= 0.6 is 0 Å². The van der Waals surface area contributed by atoms with Gasteiger partial charge in [0.1, 0.15) is 23.5 Å². The Morgan fingerprint density at radius 3 is 2.72 bits per heavy atom. The number of ether oxygens (including phenoxy) is 3. The number of methoxy groups -OCH3 is 2. The van der Waals surface area contributed by atoms with Crippen LogP contribution in [0, 0.1) is 17.2 Å². The van der Waals surface area contributed by atoms with Gasteiger partial charge < -0.3 is 14.2 Å². The topological polar surface area (TPSA) is 68.5 Å². The lowest BCUT2D eigenvalue weighted by Crippen LogP contribution is -2.04. The van der Waals surface area contributed by atoms with E-state index >= 15 is 0 Å². The van der Waals surface area contributed by atoms with Gasteiger partial charge in [-0.3, -0.25) is 4.79 Å². The van der Waals surface area contributed by atoms with Crippen molar-refractivity contribution in [1.29, 1.82) is 5.26 Å². The largest absolute Gasteiger partial charge is 0.497 e. The van der Waals surface area contributed by atoms with Crippen LogP contribution in [-0.2, 0) is 9.53 Å². The van der Waals surface area contributed by atoms with E-state index in [0.717, 1.165) is 5.56 Å². The second-order valence-electron chi connectivity index (χ2n) is 3.95. The van der Waals surface area contributed by atoms with E-state index in [2.05, 4.69) is 0 Å². The molecule has 1 saturated heterocycles. The van der Waals surface area contributed by atoms with Crippen molar-refractivity contribution in [2.75, 3.05) is 14.2 Å². The van der Waals surface area contributed by atoms with Crippen molar-refractivity contribution in [3.63, 3.8) is 0 Å². The van der Waals surface area contributed by atoms with Crippen molar-refractivity contribution >= 4 is 5.97 Å². The molecule has 0 amide bonds. The molecule has 0 aromatic heterocycles. The highest BCUT2D eigenvalue weighted by atomic mass is 16.6. The maximum atomic E-state index is 11.4. The van der Waals surface area contributed by atoms with E-state index in [9.17, 15) is 4.79 Å². The van der Waals surface area contributed by atoms with Gasteiger partial charge in [-0.1, -0.05) is 0 Å². The Labute approximate surface area is 105 Å². The molecule has 1 fully saturated rings. The number of hydrogen-bond acceptors (Lipinski definition) is 5. The van der Waals surface area contributed by atoms with Gasteiger partial charge in [0.05, 0.1) is 20.3 Å². The highest BCUT2D eigenvalue weighted by Gasteiger charge is 2.36. The SMILES string of the molecule is COc1ccc(OC)c(C2CC(C#N)C(=O)O2)c1. The van der Waals surface area contributed by atoms with E-state index in [1.165, 1.54) is 0 Å². The first-order valence-electron chi connectivity index (χ1n) is 5.51. The van der Waals surface area contributed by atoms with Gasteiger partial charge in [0, 0.05) is 12.0 Å². The van der Waals surface area contributed by atoms with Gasteiger partial charge in [-0.05, 0) is 18.2 Å². The quantitative estimate of drug-likeness (QED) is 0.762. The lowest BCUT2D eigenvalue weighted by Gasteiger charge is -2.14. The van der Waals surface area contributed by atoms with Crippen LogP contribution in [0.4, 0.5) is 0 Å². The number of rotatable bonds is 3. The fraction of sp³-hybridized carbons (Fsp3) is 0.385. The molecule has 1 aromatic rings. The van der Waals surface area contributed by atoms with E-state index in [-0.39, 0.29) is 0 Å². The molecule has 0 radical (unpaired) electrons. The summed E-state index contributed by atoms with van der Waals surface area (Å²) in [5.41, 5.74) is 0.725. The van der Waals surface area contributed by atoms with Crippen LogP contribution in [0.25, 0.3) is 0 Å². The summed E-state index contributed by atoms with van der Waals surface area (Å²) in [5.74, 6) is 0.0905. The fourth-order valence-electron chi connectivity index (χ4n) is 1.97. The summed E-state index contributed by atoms with van der Waals surface area (Å²) in [4.78, 5) is 11.4. The minimum absolute atomic E-state index is 0.346. The Hall–Kier alpha value is -2.22. The second-order valence-corrected chi connectivity index (χ2v) is 3.95. The summed E-state index contributed by atoms with van der Waals surface area (Å²) in [6, 6.07) is 7.21. The zero-order valence-electron chi connectivity index (χ0n) is 10.2. The van der Waals surface area contributed by atoms with Crippen molar-refractivity contribution in [2.24, 2.45) is 5.92 Å². The molecule has 2 unspecified atom stereocenters. The van der Waals surface area contributed by atoms with Crippen molar-refractivity contribution < 1.29 is 19.0 Å². The summed E-state index contributed by atoms with van der Waals surface area (Å²) in [7, 11) is 3.11. The number of nitrogens with zero attached hydrogens (tertiary/aromatic N) is 1. The number of carbonyl (C=O) groups is 1. The molecule has 0 aliphatic carbocycles. The molecule has 1 aliphatic heterocycles. The Morgan fingerprint density at radius 2 is 2.17 bits per heavy atom. The molecule has 0 spiro atoms. The average Bonchev–Trinajstić information content (AvgIpc) is 2.79. The zero-order valence-corrected chi connectivity index (χ0v) is 10.2. The molecule has 2 rings (SSSR count). The van der Waals surface area contributed by atoms with Crippen molar-refractivity contribution in [2.45, 2.75) is 12.5 Å². The lowest BCUT2D eigenvalue weighted by atomic mass is 10.0. The van der Waals surface area contributed by atoms with Gasteiger partial charge in [0.25, 0.3) is 0 Å². The molecule has 5 heteroatoms. The maximum absolute atomic E-state index is 11.4. The number of cyclic esters (lactones) is 1. The van der Waals surface area contributed by atoms with Gasteiger partial charge in [-0.15, -0.1) is 0 Å². The van der Waals surface area contributed by atoms with Crippen LogP contribution in [-0.4, -0.2) is 20.2 Å². The third-order valence-corrected chi connectivity index (χ3v) is 2.93. The average molecular weight is 247 g/mol. The third-order valence-electron chi connectivity index (χ3n) is 2.93. The van der Waals surface area contributed by atoms with Crippen LogP contribution in [0.5, 0.6) is 11.5 Å². The summed E-state index contributed by atoms with van der Waals surface area (Å²) >= 11 is 0. The summed E-state index contributed by atoms with van der Waals surface area (Å²) < 4.78 is 15.6. The van der Waals surface area contributed by atoms with Gasteiger partial charge in [0.2, 0.25) is 0 Å². The van der Waals surface area contributed by atoms with E-state index < -0.39 is 18.0 Å². The highest BCUT2D eigenvalue weighted by molar-refractivity contribution is 5.77. The zero-order chi connectivity index (χ0) is 13.1. The molecule has 0 saturated carbocycles. The van der Waals surface area contributed by atoms with E-state index in [1.807, 2.05) is 6.07 Å². The van der Waals surface area contributed by atoms with Gasteiger partial charge >= 0.3 is 5.97 Å². The van der Waals surface area contributed by atoms with E-state index in [1.54, 1.807) is 32.4 Å². The summed E-state index contributed by atoms with van der Waals surface area (Å²) in [6.45, 7) is 0. The molecule has 1 aliphatic rings. The first kappa shape index (κ1) is 12.2. The van der Waals surface area contributed by atoms with Crippen LogP contribution in [0.1, 0.15) is 18.1 Å². The first-order chi connectivity index (χ1) is 8.69. The van der Waals surface area contributed by atoms with Crippen LogP contribution < -0.4 is 9.47 Å². The molecule has 1 aromatic carbocycles.